The number of hydrogen-bond donors (Lipinski definition) is 0. The van der Waals surface area contributed by atoms with Crippen LogP contribution in [0.4, 0.5) is 4.79 Å². The number of nitrogens with zero attached hydrogens (tertiary/aromatic N) is 2. The molecule has 1 aliphatic heterocycles. The van der Waals surface area contributed by atoms with Crippen LogP contribution in [0.2, 0.25) is 0 Å². The van der Waals surface area contributed by atoms with E-state index in [1.807, 2.05) is 24.3 Å². The molecular weight excluding hydrogens is 312 g/mol. The third-order valence-corrected chi connectivity index (χ3v) is 5.84. The normalized spacial score (nSPS) is 17.2. The lowest BCUT2D eigenvalue weighted by atomic mass is 10.0. The van der Waals surface area contributed by atoms with Gasteiger partial charge in [0.15, 0.2) is 9.84 Å². The molecule has 0 N–H and O–H groups in total. The first kappa shape index (κ1) is 15.8. The number of sulfone groups is 1. The van der Waals surface area contributed by atoms with Gasteiger partial charge in [-0.1, -0.05) is 42.5 Å². The Balaban J connectivity index is 1.73. The van der Waals surface area contributed by atoms with Gasteiger partial charge in [-0.05, 0) is 16.3 Å². The van der Waals surface area contributed by atoms with E-state index in [4.69, 9.17) is 0 Å². The summed E-state index contributed by atoms with van der Waals surface area (Å²) in [4.78, 5) is 15.8. The second-order valence-corrected chi connectivity index (χ2v) is 8.22. The first-order valence-corrected chi connectivity index (χ1v) is 9.45. The number of hydrogen-bond acceptors (Lipinski definition) is 3. The number of benzene rings is 2. The summed E-state index contributed by atoms with van der Waals surface area (Å²) < 4.78 is 22.9. The predicted molar refractivity (Wildman–Crippen MR) is 91.0 cm³/mol. The highest BCUT2D eigenvalue weighted by Gasteiger charge is 2.26. The molecule has 2 aromatic carbocycles. The number of carbonyl (C=O) groups is 1. The fraction of sp³-hybridized carbons (Fsp3) is 0.353. The smallest absolute Gasteiger partial charge is 0.320 e. The van der Waals surface area contributed by atoms with Crippen LogP contribution in [-0.2, 0) is 16.4 Å². The van der Waals surface area contributed by atoms with E-state index in [9.17, 15) is 13.2 Å². The van der Waals surface area contributed by atoms with Crippen molar-refractivity contribution in [2.45, 2.75) is 6.54 Å². The summed E-state index contributed by atoms with van der Waals surface area (Å²) in [6.07, 6.45) is 0. The summed E-state index contributed by atoms with van der Waals surface area (Å²) in [5.41, 5.74) is 1.09. The Morgan fingerprint density at radius 1 is 1.09 bits per heavy atom. The van der Waals surface area contributed by atoms with Gasteiger partial charge in [0.25, 0.3) is 0 Å². The first-order chi connectivity index (χ1) is 11.0. The van der Waals surface area contributed by atoms with Crippen LogP contribution in [0.15, 0.2) is 42.5 Å². The number of fused-ring (bicyclic) bond motifs is 1. The third-order valence-electron chi connectivity index (χ3n) is 4.23. The van der Waals surface area contributed by atoms with Crippen molar-refractivity contribution < 1.29 is 13.2 Å². The largest absolute Gasteiger partial charge is 0.323 e. The summed E-state index contributed by atoms with van der Waals surface area (Å²) in [7, 11) is -1.22. The van der Waals surface area contributed by atoms with Gasteiger partial charge < -0.3 is 9.80 Å². The molecule has 2 amide bonds. The second-order valence-electron chi connectivity index (χ2n) is 5.92. The SMILES string of the molecule is CN(Cc1cccc2ccccc12)C(=O)N1CCS(=O)(=O)CC1. The molecule has 5 nitrogen and oxygen atoms in total. The van der Waals surface area contributed by atoms with Crippen LogP contribution < -0.4 is 0 Å². The molecule has 0 spiro atoms. The maximum atomic E-state index is 12.5. The van der Waals surface area contributed by atoms with Crippen molar-refractivity contribution in [1.29, 1.82) is 0 Å². The molecule has 6 heteroatoms. The van der Waals surface area contributed by atoms with Crippen LogP contribution >= 0.6 is 0 Å². The second kappa shape index (κ2) is 6.20. The lowest BCUT2D eigenvalue weighted by molar-refractivity contribution is 0.165. The van der Waals surface area contributed by atoms with E-state index in [0.717, 1.165) is 16.3 Å². The number of urea groups is 1. The van der Waals surface area contributed by atoms with E-state index in [2.05, 4.69) is 18.2 Å². The Morgan fingerprint density at radius 2 is 1.74 bits per heavy atom. The fourth-order valence-corrected chi connectivity index (χ4v) is 4.10. The zero-order valence-electron chi connectivity index (χ0n) is 13.1. The summed E-state index contributed by atoms with van der Waals surface area (Å²) >= 11 is 0. The topological polar surface area (TPSA) is 57.7 Å². The van der Waals surface area contributed by atoms with E-state index in [-0.39, 0.29) is 30.6 Å². The molecule has 0 atom stereocenters. The quantitative estimate of drug-likeness (QED) is 0.846. The standard InChI is InChI=1S/C17H20N2O3S/c1-18(17(20)19-9-11-23(21,22)12-10-19)13-15-7-4-6-14-5-2-3-8-16(14)15/h2-8H,9-13H2,1H3. The summed E-state index contributed by atoms with van der Waals surface area (Å²) in [6, 6.07) is 14.0. The minimum Gasteiger partial charge on any atom is -0.323 e. The summed E-state index contributed by atoms with van der Waals surface area (Å²) in [5.74, 6) is 0.113. The zero-order chi connectivity index (χ0) is 16.4. The molecule has 23 heavy (non-hydrogen) atoms. The molecule has 2 aromatic rings. The Hall–Kier alpha value is -2.08. The van der Waals surface area contributed by atoms with Crippen LogP contribution in [0.3, 0.4) is 0 Å². The van der Waals surface area contributed by atoms with Crippen molar-refractivity contribution in [1.82, 2.24) is 9.80 Å². The molecule has 0 aromatic heterocycles. The van der Waals surface area contributed by atoms with Gasteiger partial charge in [0.05, 0.1) is 11.5 Å². The van der Waals surface area contributed by atoms with Crippen molar-refractivity contribution in [3.63, 3.8) is 0 Å². The highest BCUT2D eigenvalue weighted by Crippen LogP contribution is 2.20. The van der Waals surface area contributed by atoms with E-state index in [0.29, 0.717) is 6.54 Å². The molecule has 3 rings (SSSR count). The van der Waals surface area contributed by atoms with Crippen molar-refractivity contribution in [2.24, 2.45) is 0 Å². The van der Waals surface area contributed by atoms with Gasteiger partial charge in [-0.2, -0.15) is 0 Å². The Labute approximate surface area is 136 Å². The predicted octanol–water partition coefficient (Wildman–Crippen LogP) is 2.12. The van der Waals surface area contributed by atoms with Crippen LogP contribution in [0.25, 0.3) is 10.8 Å². The monoisotopic (exact) mass is 332 g/mol. The van der Waals surface area contributed by atoms with Crippen LogP contribution in [0, 0.1) is 0 Å². The molecule has 0 saturated carbocycles. The van der Waals surface area contributed by atoms with E-state index >= 15 is 0 Å². The molecule has 0 radical (unpaired) electrons. The first-order valence-electron chi connectivity index (χ1n) is 7.63. The number of rotatable bonds is 2. The minimum atomic E-state index is -2.97. The Bertz CT molecular complexity index is 813. The maximum absolute atomic E-state index is 12.5. The Morgan fingerprint density at radius 3 is 2.48 bits per heavy atom. The molecule has 0 unspecified atom stereocenters. The maximum Gasteiger partial charge on any atom is 0.320 e. The average molecular weight is 332 g/mol. The van der Waals surface area contributed by atoms with E-state index in [1.54, 1.807) is 16.8 Å². The highest BCUT2D eigenvalue weighted by molar-refractivity contribution is 7.91. The molecule has 1 fully saturated rings. The lowest BCUT2D eigenvalue weighted by Gasteiger charge is -2.31. The summed E-state index contributed by atoms with van der Waals surface area (Å²) in [5, 5.41) is 2.28. The minimum absolute atomic E-state index is 0.0564. The van der Waals surface area contributed by atoms with Crippen molar-refractivity contribution in [3.05, 3.63) is 48.0 Å². The molecule has 0 bridgehead atoms. The molecule has 1 heterocycles. The lowest BCUT2D eigenvalue weighted by Crippen LogP contribution is -2.48. The van der Waals surface area contributed by atoms with Gasteiger partial charge in [-0.25, -0.2) is 13.2 Å². The van der Waals surface area contributed by atoms with E-state index in [1.165, 1.54) is 0 Å². The van der Waals surface area contributed by atoms with Gasteiger partial charge >= 0.3 is 6.03 Å². The molecule has 1 aliphatic rings. The summed E-state index contributed by atoms with van der Waals surface area (Å²) in [6.45, 7) is 1.06. The van der Waals surface area contributed by atoms with Crippen molar-refractivity contribution in [2.75, 3.05) is 31.6 Å². The van der Waals surface area contributed by atoms with Gasteiger partial charge in [0.2, 0.25) is 0 Å². The average Bonchev–Trinajstić information content (AvgIpc) is 2.54. The molecule has 122 valence electrons. The Kier molecular flexibility index (Phi) is 4.26. The fourth-order valence-electron chi connectivity index (χ4n) is 2.90. The van der Waals surface area contributed by atoms with Gasteiger partial charge in [0, 0.05) is 26.7 Å². The van der Waals surface area contributed by atoms with Crippen molar-refractivity contribution in [3.8, 4) is 0 Å². The van der Waals surface area contributed by atoms with Crippen LogP contribution in [-0.4, -0.2) is 55.9 Å². The highest BCUT2D eigenvalue weighted by atomic mass is 32.2. The molecule has 0 aliphatic carbocycles. The third kappa shape index (κ3) is 3.47. The zero-order valence-corrected chi connectivity index (χ0v) is 13.9. The number of amides is 2. The van der Waals surface area contributed by atoms with Gasteiger partial charge in [-0.3, -0.25) is 0 Å². The van der Waals surface area contributed by atoms with Crippen LogP contribution in [0.5, 0.6) is 0 Å². The van der Waals surface area contributed by atoms with E-state index < -0.39 is 9.84 Å². The van der Waals surface area contributed by atoms with Crippen LogP contribution in [0.1, 0.15) is 5.56 Å². The van der Waals surface area contributed by atoms with Gasteiger partial charge in [0.1, 0.15) is 0 Å². The molecular formula is C17H20N2O3S. The number of carbonyl (C=O) groups excluding carboxylic acids is 1. The van der Waals surface area contributed by atoms with Gasteiger partial charge in [-0.15, -0.1) is 0 Å². The molecule has 1 saturated heterocycles. The van der Waals surface area contributed by atoms with Crippen molar-refractivity contribution >= 4 is 26.6 Å².